The largest absolute Gasteiger partial charge is 0.435 e. The van der Waals surface area contributed by atoms with Crippen LogP contribution in [0.1, 0.15) is 25.0 Å². The molecule has 2 rings (SSSR count). The standard InChI is InChI=1S/C18H18ClF2NO2/c1-18(2,13-7-9-14(19)10-8-13)22-16(23)11-12-5-3-4-6-15(12)24-17(20)21/h3-10,17H,11H2,1-2H3,(H,22,23). The van der Waals surface area contributed by atoms with E-state index in [9.17, 15) is 13.6 Å². The lowest BCUT2D eigenvalue weighted by Gasteiger charge is -2.27. The van der Waals surface area contributed by atoms with Gasteiger partial charge in [0.1, 0.15) is 5.75 Å². The van der Waals surface area contributed by atoms with E-state index in [1.807, 2.05) is 26.0 Å². The van der Waals surface area contributed by atoms with Gasteiger partial charge in [0.25, 0.3) is 0 Å². The van der Waals surface area contributed by atoms with Gasteiger partial charge in [0.15, 0.2) is 0 Å². The summed E-state index contributed by atoms with van der Waals surface area (Å²) in [6.45, 7) is 0.783. The van der Waals surface area contributed by atoms with Crippen molar-refractivity contribution >= 4 is 17.5 Å². The Hall–Kier alpha value is -2.14. The van der Waals surface area contributed by atoms with Crippen LogP contribution in [0.4, 0.5) is 8.78 Å². The number of benzene rings is 2. The van der Waals surface area contributed by atoms with Crippen LogP contribution >= 0.6 is 11.6 Å². The number of amides is 1. The third kappa shape index (κ3) is 4.93. The molecular formula is C18H18ClF2NO2. The molecule has 0 saturated heterocycles. The zero-order valence-electron chi connectivity index (χ0n) is 13.4. The fraction of sp³-hybridized carbons (Fsp3) is 0.278. The van der Waals surface area contributed by atoms with Crippen molar-refractivity contribution in [3.8, 4) is 5.75 Å². The summed E-state index contributed by atoms with van der Waals surface area (Å²) in [7, 11) is 0. The molecule has 0 saturated carbocycles. The molecule has 1 N–H and O–H groups in total. The van der Waals surface area contributed by atoms with Gasteiger partial charge in [-0.2, -0.15) is 8.78 Å². The van der Waals surface area contributed by atoms with Gasteiger partial charge < -0.3 is 10.1 Å². The molecule has 0 aromatic heterocycles. The molecule has 0 aliphatic rings. The summed E-state index contributed by atoms with van der Waals surface area (Å²) < 4.78 is 29.3. The minimum atomic E-state index is -2.93. The maximum atomic E-state index is 12.4. The van der Waals surface area contributed by atoms with Crippen LogP contribution < -0.4 is 10.1 Å². The first-order valence-corrected chi connectivity index (χ1v) is 7.75. The van der Waals surface area contributed by atoms with Crippen molar-refractivity contribution in [1.82, 2.24) is 5.32 Å². The molecule has 2 aromatic carbocycles. The number of para-hydroxylation sites is 1. The predicted octanol–water partition coefficient (Wildman–Crippen LogP) is 4.54. The summed E-state index contributed by atoms with van der Waals surface area (Å²) in [6, 6.07) is 13.4. The van der Waals surface area contributed by atoms with E-state index < -0.39 is 12.2 Å². The molecular weight excluding hydrogens is 336 g/mol. The maximum absolute atomic E-state index is 12.4. The van der Waals surface area contributed by atoms with Crippen LogP contribution in [0.15, 0.2) is 48.5 Å². The Labute approximate surface area is 144 Å². The number of nitrogens with one attached hydrogen (secondary N) is 1. The molecule has 3 nitrogen and oxygen atoms in total. The molecule has 0 heterocycles. The summed E-state index contributed by atoms with van der Waals surface area (Å²) in [6.07, 6.45) is -0.0556. The summed E-state index contributed by atoms with van der Waals surface area (Å²) >= 11 is 5.87. The van der Waals surface area contributed by atoms with Crippen LogP contribution in [-0.4, -0.2) is 12.5 Å². The second-order valence-corrected chi connectivity index (χ2v) is 6.28. The van der Waals surface area contributed by atoms with Gasteiger partial charge in [0.2, 0.25) is 5.91 Å². The minimum absolute atomic E-state index is 0.00643. The van der Waals surface area contributed by atoms with Gasteiger partial charge in [-0.15, -0.1) is 0 Å². The van der Waals surface area contributed by atoms with Crippen molar-refractivity contribution in [3.05, 3.63) is 64.7 Å². The van der Waals surface area contributed by atoms with Gasteiger partial charge in [-0.3, -0.25) is 4.79 Å². The van der Waals surface area contributed by atoms with Crippen molar-refractivity contribution in [3.63, 3.8) is 0 Å². The molecule has 0 atom stereocenters. The first kappa shape index (κ1) is 18.2. The molecule has 0 spiro atoms. The lowest BCUT2D eigenvalue weighted by atomic mass is 9.94. The highest BCUT2D eigenvalue weighted by Crippen LogP contribution is 2.24. The van der Waals surface area contributed by atoms with Crippen LogP contribution in [0.25, 0.3) is 0 Å². The normalized spacial score (nSPS) is 11.4. The van der Waals surface area contributed by atoms with Crippen molar-refractivity contribution < 1.29 is 18.3 Å². The van der Waals surface area contributed by atoms with E-state index in [-0.39, 0.29) is 18.1 Å². The van der Waals surface area contributed by atoms with Gasteiger partial charge in [-0.25, -0.2) is 0 Å². The molecule has 24 heavy (non-hydrogen) atoms. The number of alkyl halides is 2. The van der Waals surface area contributed by atoms with E-state index in [1.165, 1.54) is 6.07 Å². The highest BCUT2D eigenvalue weighted by molar-refractivity contribution is 6.30. The maximum Gasteiger partial charge on any atom is 0.387 e. The van der Waals surface area contributed by atoms with Crippen molar-refractivity contribution in [2.45, 2.75) is 32.4 Å². The Morgan fingerprint density at radius 2 is 1.79 bits per heavy atom. The molecule has 6 heteroatoms. The molecule has 1 amide bonds. The smallest absolute Gasteiger partial charge is 0.387 e. The SMILES string of the molecule is CC(C)(NC(=O)Cc1ccccc1OC(F)F)c1ccc(Cl)cc1. The number of rotatable bonds is 6. The van der Waals surface area contributed by atoms with Gasteiger partial charge in [-0.1, -0.05) is 41.9 Å². The Balaban J connectivity index is 2.09. The predicted molar refractivity (Wildman–Crippen MR) is 89.4 cm³/mol. The average Bonchev–Trinajstić information content (AvgIpc) is 2.48. The highest BCUT2D eigenvalue weighted by atomic mass is 35.5. The molecule has 2 aromatic rings. The monoisotopic (exact) mass is 353 g/mol. The molecule has 0 bridgehead atoms. The number of ether oxygens (including phenoxy) is 1. The van der Waals surface area contributed by atoms with Gasteiger partial charge in [0.05, 0.1) is 12.0 Å². The highest BCUT2D eigenvalue weighted by Gasteiger charge is 2.23. The van der Waals surface area contributed by atoms with Crippen LogP contribution in [0.3, 0.4) is 0 Å². The Morgan fingerprint density at radius 3 is 2.42 bits per heavy atom. The van der Waals surface area contributed by atoms with Gasteiger partial charge in [-0.05, 0) is 37.6 Å². The molecule has 0 aliphatic heterocycles. The molecule has 0 unspecified atom stereocenters. The summed E-state index contributed by atoms with van der Waals surface area (Å²) in [4.78, 5) is 12.3. The third-order valence-corrected chi connectivity index (χ3v) is 3.81. The van der Waals surface area contributed by atoms with E-state index in [0.717, 1.165) is 5.56 Å². The minimum Gasteiger partial charge on any atom is -0.435 e. The topological polar surface area (TPSA) is 38.3 Å². The lowest BCUT2D eigenvalue weighted by molar-refractivity contribution is -0.122. The number of halogens is 3. The van der Waals surface area contributed by atoms with Crippen molar-refractivity contribution in [2.24, 2.45) is 0 Å². The van der Waals surface area contributed by atoms with Crippen LogP contribution in [0.2, 0.25) is 5.02 Å². The second kappa shape index (κ2) is 7.62. The lowest BCUT2D eigenvalue weighted by Crippen LogP contribution is -2.41. The molecule has 0 aliphatic carbocycles. The Bertz CT molecular complexity index is 702. The van der Waals surface area contributed by atoms with Crippen molar-refractivity contribution in [2.75, 3.05) is 0 Å². The number of hydrogen-bond donors (Lipinski definition) is 1. The molecule has 0 fully saturated rings. The Kier molecular flexibility index (Phi) is 5.78. The number of hydrogen-bond acceptors (Lipinski definition) is 2. The second-order valence-electron chi connectivity index (χ2n) is 5.84. The van der Waals surface area contributed by atoms with Crippen molar-refractivity contribution in [1.29, 1.82) is 0 Å². The van der Waals surface area contributed by atoms with Crippen LogP contribution in [-0.2, 0) is 16.8 Å². The number of carbonyl (C=O) groups excluding carboxylic acids is 1. The average molecular weight is 354 g/mol. The van der Waals surface area contributed by atoms with E-state index in [4.69, 9.17) is 11.6 Å². The summed E-state index contributed by atoms with van der Waals surface area (Å²) in [5.41, 5.74) is 0.666. The third-order valence-electron chi connectivity index (χ3n) is 3.56. The van der Waals surface area contributed by atoms with Crippen LogP contribution in [0, 0.1) is 0 Å². The number of carbonyl (C=O) groups is 1. The van der Waals surface area contributed by atoms with E-state index in [1.54, 1.807) is 30.3 Å². The summed E-state index contributed by atoms with van der Waals surface area (Å²) in [5.74, 6) is -0.285. The molecule has 128 valence electrons. The fourth-order valence-corrected chi connectivity index (χ4v) is 2.49. The first-order chi connectivity index (χ1) is 11.3. The Morgan fingerprint density at radius 1 is 1.17 bits per heavy atom. The quantitative estimate of drug-likeness (QED) is 0.828. The van der Waals surface area contributed by atoms with E-state index in [2.05, 4.69) is 10.1 Å². The van der Waals surface area contributed by atoms with Gasteiger partial charge in [0, 0.05) is 10.6 Å². The van der Waals surface area contributed by atoms with E-state index in [0.29, 0.717) is 10.6 Å². The first-order valence-electron chi connectivity index (χ1n) is 7.38. The molecule has 0 radical (unpaired) electrons. The van der Waals surface area contributed by atoms with E-state index >= 15 is 0 Å². The zero-order chi connectivity index (χ0) is 17.7. The summed E-state index contributed by atoms with van der Waals surface area (Å²) in [5, 5.41) is 3.51. The van der Waals surface area contributed by atoms with Crippen LogP contribution in [0.5, 0.6) is 5.75 Å². The fourth-order valence-electron chi connectivity index (χ4n) is 2.37. The van der Waals surface area contributed by atoms with Gasteiger partial charge >= 0.3 is 6.61 Å². The zero-order valence-corrected chi connectivity index (χ0v) is 14.1.